The van der Waals surface area contributed by atoms with Gasteiger partial charge >= 0.3 is 6.18 Å². The predicted molar refractivity (Wildman–Crippen MR) is 89.3 cm³/mol. The van der Waals surface area contributed by atoms with E-state index in [2.05, 4.69) is 5.32 Å². The molecular weight excluding hydrogens is 367 g/mol. The normalized spacial score (nSPS) is 11.1. The van der Waals surface area contributed by atoms with Gasteiger partial charge in [0.15, 0.2) is 5.78 Å². The Hall–Kier alpha value is -3.43. The molecule has 2 rings (SSSR count). The highest BCUT2D eigenvalue weighted by Crippen LogP contribution is 2.28. The molecule has 3 N–H and O–H groups in total. The molecule has 0 radical (unpaired) electrons. The summed E-state index contributed by atoms with van der Waals surface area (Å²) in [5.41, 5.74) is 2.07. The van der Waals surface area contributed by atoms with Crippen molar-refractivity contribution in [2.45, 2.75) is 19.6 Å². The third-order valence-corrected chi connectivity index (χ3v) is 3.56. The molecule has 0 aliphatic carbocycles. The first-order chi connectivity index (χ1) is 12.5. The van der Waals surface area contributed by atoms with Gasteiger partial charge in [-0.15, -0.1) is 0 Å². The molecule has 0 fully saturated rings. The zero-order valence-corrected chi connectivity index (χ0v) is 14.0. The Kier molecular flexibility index (Phi) is 5.48. The second-order valence-electron chi connectivity index (χ2n) is 5.57. The van der Waals surface area contributed by atoms with Crippen molar-refractivity contribution in [1.82, 2.24) is 4.57 Å². The fraction of sp³-hybridized carbons (Fsp3) is 0.176. The second-order valence-corrected chi connectivity index (χ2v) is 5.57. The third kappa shape index (κ3) is 4.60. The van der Waals surface area contributed by atoms with E-state index in [0.717, 1.165) is 0 Å². The van der Waals surface area contributed by atoms with Crippen LogP contribution in [0.3, 0.4) is 0 Å². The summed E-state index contributed by atoms with van der Waals surface area (Å²) in [7, 11) is 0. The van der Waals surface area contributed by atoms with E-state index in [1.165, 1.54) is 31.2 Å². The van der Waals surface area contributed by atoms with E-state index in [0.29, 0.717) is 17.8 Å². The average molecular weight is 381 g/mol. The minimum Gasteiger partial charge on any atom is -0.365 e. The summed E-state index contributed by atoms with van der Waals surface area (Å²) in [5.74, 6) is -2.33. The van der Waals surface area contributed by atoms with Gasteiger partial charge in [0.25, 0.3) is 11.5 Å². The minimum atomic E-state index is -4.91. The predicted octanol–water partition coefficient (Wildman–Crippen LogP) is 1.81. The van der Waals surface area contributed by atoms with Crippen molar-refractivity contribution in [3.8, 4) is 0 Å². The standard InChI is InChI=1S/C17H14F3N3O4/c1-9(24)22-11-4-2-10(3-5-11)13(25)8-23-14(17(18,19)20)7-6-12(15(21)26)16(23)27/h2-7H,8H2,1H3,(H2,21,26)(H,22,24). The van der Waals surface area contributed by atoms with E-state index in [1.807, 2.05) is 0 Å². The molecule has 1 aromatic carbocycles. The Bertz CT molecular complexity index is 963. The number of hydrogen-bond acceptors (Lipinski definition) is 4. The van der Waals surface area contributed by atoms with Crippen LogP contribution in [0.4, 0.5) is 18.9 Å². The summed E-state index contributed by atoms with van der Waals surface area (Å²) in [6.45, 7) is 0.351. The van der Waals surface area contributed by atoms with Crippen LogP contribution in [0.25, 0.3) is 0 Å². The van der Waals surface area contributed by atoms with Gasteiger partial charge in [-0.2, -0.15) is 13.2 Å². The Morgan fingerprint density at radius 2 is 1.67 bits per heavy atom. The fourth-order valence-corrected chi connectivity index (χ4v) is 2.35. The number of nitrogens with zero attached hydrogens (tertiary/aromatic N) is 1. The lowest BCUT2D eigenvalue weighted by molar-refractivity contribution is -0.144. The Balaban J connectivity index is 2.41. The first-order valence-corrected chi connectivity index (χ1v) is 7.52. The molecule has 0 saturated heterocycles. The van der Waals surface area contributed by atoms with Crippen LogP contribution in [-0.4, -0.2) is 22.2 Å². The molecule has 0 atom stereocenters. The lowest BCUT2D eigenvalue weighted by Gasteiger charge is -2.15. The largest absolute Gasteiger partial charge is 0.431 e. The fourth-order valence-electron chi connectivity index (χ4n) is 2.35. The van der Waals surface area contributed by atoms with Crippen LogP contribution in [0, 0.1) is 0 Å². The number of amides is 2. The van der Waals surface area contributed by atoms with Crippen LogP contribution in [0.2, 0.25) is 0 Å². The molecule has 2 amide bonds. The van der Waals surface area contributed by atoms with Gasteiger partial charge in [0.2, 0.25) is 5.91 Å². The van der Waals surface area contributed by atoms with Gasteiger partial charge in [-0.25, -0.2) is 0 Å². The Morgan fingerprint density at radius 1 is 1.07 bits per heavy atom. The second kappa shape index (κ2) is 7.44. The summed E-state index contributed by atoms with van der Waals surface area (Å²) in [6, 6.07) is 6.57. The van der Waals surface area contributed by atoms with Gasteiger partial charge in [-0.1, -0.05) is 0 Å². The van der Waals surface area contributed by atoms with Crippen molar-refractivity contribution < 1.29 is 27.6 Å². The van der Waals surface area contributed by atoms with Crippen LogP contribution < -0.4 is 16.6 Å². The molecule has 0 saturated carbocycles. The third-order valence-electron chi connectivity index (χ3n) is 3.56. The number of benzene rings is 1. The van der Waals surface area contributed by atoms with Crippen molar-refractivity contribution in [3.05, 3.63) is 63.6 Å². The van der Waals surface area contributed by atoms with Gasteiger partial charge in [0, 0.05) is 18.2 Å². The first-order valence-electron chi connectivity index (χ1n) is 7.52. The number of hydrogen-bond donors (Lipinski definition) is 2. The van der Waals surface area contributed by atoms with E-state index in [9.17, 15) is 32.3 Å². The Labute approximate surface area is 150 Å². The van der Waals surface area contributed by atoms with E-state index in [4.69, 9.17) is 5.73 Å². The number of alkyl halides is 3. The summed E-state index contributed by atoms with van der Waals surface area (Å²) in [6.07, 6.45) is -4.91. The van der Waals surface area contributed by atoms with Crippen LogP contribution in [-0.2, 0) is 17.5 Å². The van der Waals surface area contributed by atoms with E-state index < -0.39 is 41.2 Å². The number of anilines is 1. The molecular formula is C17H14F3N3O4. The highest BCUT2D eigenvalue weighted by Gasteiger charge is 2.35. The molecule has 0 spiro atoms. The first kappa shape index (κ1) is 19.9. The van der Waals surface area contributed by atoms with Crippen molar-refractivity contribution in [2.75, 3.05) is 5.32 Å². The van der Waals surface area contributed by atoms with E-state index in [1.54, 1.807) is 0 Å². The summed E-state index contributed by atoms with van der Waals surface area (Å²) in [4.78, 5) is 46.7. The number of halogens is 3. The highest BCUT2D eigenvalue weighted by atomic mass is 19.4. The zero-order valence-electron chi connectivity index (χ0n) is 14.0. The molecule has 142 valence electrons. The quantitative estimate of drug-likeness (QED) is 0.770. The van der Waals surface area contributed by atoms with Crippen LogP contribution >= 0.6 is 0 Å². The maximum atomic E-state index is 13.2. The van der Waals surface area contributed by atoms with Gasteiger partial charge in [0.1, 0.15) is 11.3 Å². The van der Waals surface area contributed by atoms with E-state index in [-0.39, 0.29) is 16.0 Å². The topological polar surface area (TPSA) is 111 Å². The van der Waals surface area contributed by atoms with Crippen LogP contribution in [0.1, 0.15) is 33.3 Å². The lowest BCUT2D eigenvalue weighted by atomic mass is 10.1. The molecule has 0 aliphatic rings. The van der Waals surface area contributed by atoms with Crippen molar-refractivity contribution in [2.24, 2.45) is 5.73 Å². The monoisotopic (exact) mass is 381 g/mol. The lowest BCUT2D eigenvalue weighted by Crippen LogP contribution is -2.35. The van der Waals surface area contributed by atoms with Crippen molar-refractivity contribution >= 4 is 23.3 Å². The minimum absolute atomic E-state index is 0.0219. The number of pyridine rings is 1. The van der Waals surface area contributed by atoms with Gasteiger partial charge in [0.05, 0.1) is 6.54 Å². The maximum Gasteiger partial charge on any atom is 0.431 e. The smallest absolute Gasteiger partial charge is 0.365 e. The molecule has 1 aromatic heterocycles. The number of ketones is 1. The van der Waals surface area contributed by atoms with Crippen LogP contribution in [0.15, 0.2) is 41.2 Å². The summed E-state index contributed by atoms with van der Waals surface area (Å²) in [5, 5.41) is 2.47. The van der Waals surface area contributed by atoms with E-state index >= 15 is 0 Å². The number of carbonyl (C=O) groups is 3. The number of Topliss-reactive ketones (excluding diaryl/α,β-unsaturated/α-hetero) is 1. The number of primary amides is 1. The van der Waals surface area contributed by atoms with Gasteiger partial charge in [-0.3, -0.25) is 23.7 Å². The number of rotatable bonds is 5. The van der Waals surface area contributed by atoms with Gasteiger partial charge in [-0.05, 0) is 36.4 Å². The van der Waals surface area contributed by atoms with Crippen molar-refractivity contribution in [1.29, 1.82) is 0 Å². The molecule has 10 heteroatoms. The maximum absolute atomic E-state index is 13.2. The Morgan fingerprint density at radius 3 is 2.15 bits per heavy atom. The molecule has 0 bridgehead atoms. The van der Waals surface area contributed by atoms with Gasteiger partial charge < -0.3 is 11.1 Å². The summed E-state index contributed by atoms with van der Waals surface area (Å²) < 4.78 is 39.7. The number of carbonyl (C=O) groups excluding carboxylic acids is 3. The SMILES string of the molecule is CC(=O)Nc1ccc(C(=O)Cn2c(C(F)(F)F)ccc(C(N)=O)c2=O)cc1. The average Bonchev–Trinajstić information content (AvgIpc) is 2.55. The molecule has 1 heterocycles. The zero-order chi connectivity index (χ0) is 20.4. The molecule has 0 aliphatic heterocycles. The molecule has 27 heavy (non-hydrogen) atoms. The molecule has 2 aromatic rings. The van der Waals surface area contributed by atoms with Crippen LogP contribution in [0.5, 0.6) is 0 Å². The molecule has 7 nitrogen and oxygen atoms in total. The number of nitrogens with one attached hydrogen (secondary N) is 1. The highest BCUT2D eigenvalue weighted by molar-refractivity contribution is 5.97. The number of nitrogens with two attached hydrogens (primary N) is 1. The molecule has 0 unspecified atom stereocenters. The summed E-state index contributed by atoms with van der Waals surface area (Å²) >= 11 is 0. The number of aromatic nitrogens is 1. The van der Waals surface area contributed by atoms with Crippen molar-refractivity contribution in [3.63, 3.8) is 0 Å².